The van der Waals surface area contributed by atoms with Gasteiger partial charge in [0.05, 0.1) is 18.6 Å². The van der Waals surface area contributed by atoms with Crippen LogP contribution in [0.3, 0.4) is 0 Å². The molecule has 0 radical (unpaired) electrons. The summed E-state index contributed by atoms with van der Waals surface area (Å²) in [6, 6.07) is 2.33. The van der Waals surface area contributed by atoms with Gasteiger partial charge in [-0.25, -0.2) is 0 Å². The molecule has 10 heteroatoms. The zero-order valence-corrected chi connectivity index (χ0v) is 14.3. The van der Waals surface area contributed by atoms with Crippen molar-refractivity contribution in [1.82, 2.24) is 9.78 Å². The van der Waals surface area contributed by atoms with Crippen molar-refractivity contribution in [3.8, 4) is 11.5 Å². The first-order chi connectivity index (χ1) is 12.3. The molecule has 1 aliphatic rings. The average Bonchev–Trinajstić information content (AvgIpc) is 2.90. The lowest BCUT2D eigenvalue weighted by Crippen LogP contribution is -2.45. The third-order valence-corrected chi connectivity index (χ3v) is 4.41. The highest BCUT2D eigenvalue weighted by Gasteiger charge is 2.48. The lowest BCUT2D eigenvalue weighted by atomic mass is 9.83. The van der Waals surface area contributed by atoms with Crippen LogP contribution >= 0.6 is 0 Å². The van der Waals surface area contributed by atoms with E-state index >= 15 is 0 Å². The van der Waals surface area contributed by atoms with Crippen molar-refractivity contribution in [2.45, 2.75) is 31.8 Å². The van der Waals surface area contributed by atoms with Crippen molar-refractivity contribution in [3.05, 3.63) is 49.8 Å². The van der Waals surface area contributed by atoms with E-state index in [-0.39, 0.29) is 34.5 Å². The number of anilines is 1. The predicted molar refractivity (Wildman–Crippen MR) is 91.4 cm³/mol. The first-order valence-electron chi connectivity index (χ1n) is 7.92. The summed E-state index contributed by atoms with van der Waals surface area (Å²) >= 11 is 0. The molecule has 1 aromatic carbocycles. The number of nitrogens with one attached hydrogen (secondary N) is 2. The van der Waals surface area contributed by atoms with Gasteiger partial charge in [-0.15, -0.1) is 0 Å². The number of amides is 1. The normalized spacial score (nSPS) is 19.2. The van der Waals surface area contributed by atoms with E-state index in [1.807, 2.05) is 0 Å². The Bertz CT molecular complexity index is 945. The molecular formula is C16H18N4O6. The monoisotopic (exact) mass is 362 g/mol. The first-order valence-corrected chi connectivity index (χ1v) is 7.92. The van der Waals surface area contributed by atoms with E-state index in [1.54, 1.807) is 13.8 Å². The van der Waals surface area contributed by atoms with Gasteiger partial charge >= 0.3 is 11.9 Å². The molecule has 0 bridgehead atoms. The fourth-order valence-electron chi connectivity index (χ4n) is 3.23. The second kappa shape index (κ2) is 6.21. The smallest absolute Gasteiger partial charge is 0.301 e. The molecule has 26 heavy (non-hydrogen) atoms. The highest BCUT2D eigenvalue weighted by molar-refractivity contribution is 5.98. The van der Waals surface area contributed by atoms with Gasteiger partial charge in [-0.05, 0) is 31.5 Å². The van der Waals surface area contributed by atoms with Crippen LogP contribution in [-0.2, 0) is 4.79 Å². The lowest BCUT2D eigenvalue weighted by molar-refractivity contribution is -0.509. The van der Waals surface area contributed by atoms with Gasteiger partial charge in [0, 0.05) is 11.0 Å². The van der Waals surface area contributed by atoms with Crippen LogP contribution in [0.15, 0.2) is 23.0 Å². The number of H-pyrrole nitrogens is 1. The minimum atomic E-state index is -1.69. The van der Waals surface area contributed by atoms with Crippen molar-refractivity contribution in [2.75, 3.05) is 12.4 Å². The molecule has 0 saturated carbocycles. The summed E-state index contributed by atoms with van der Waals surface area (Å²) in [6.07, 6.45) is 0. The Morgan fingerprint density at radius 2 is 2.04 bits per heavy atom. The fourth-order valence-corrected chi connectivity index (χ4v) is 3.23. The summed E-state index contributed by atoms with van der Waals surface area (Å²) in [4.78, 5) is 35.8. The van der Waals surface area contributed by atoms with Gasteiger partial charge in [0.2, 0.25) is 0 Å². The molecule has 2 aromatic rings. The van der Waals surface area contributed by atoms with Crippen LogP contribution in [0.4, 0.5) is 5.82 Å². The summed E-state index contributed by atoms with van der Waals surface area (Å²) in [6.45, 7) is 3.60. The Labute approximate surface area is 147 Å². The van der Waals surface area contributed by atoms with Gasteiger partial charge in [0.1, 0.15) is 5.82 Å². The molecule has 1 aromatic heterocycles. The van der Waals surface area contributed by atoms with Crippen LogP contribution in [0.2, 0.25) is 0 Å². The number of aromatic nitrogens is 2. The van der Waals surface area contributed by atoms with E-state index < -0.39 is 28.3 Å². The molecule has 3 rings (SSSR count). The second-order valence-electron chi connectivity index (χ2n) is 6.30. The van der Waals surface area contributed by atoms with Crippen molar-refractivity contribution in [3.63, 3.8) is 0 Å². The minimum absolute atomic E-state index is 0.0876. The van der Waals surface area contributed by atoms with Gasteiger partial charge < -0.3 is 15.2 Å². The SMILES string of the molecule is COc1ccc(C2c3c(n(C(C)C)[nH]c3=O)NC(=O)C2[N+](=O)[O-])cc1O. The van der Waals surface area contributed by atoms with Crippen molar-refractivity contribution < 1.29 is 19.6 Å². The summed E-state index contributed by atoms with van der Waals surface area (Å²) in [7, 11) is 1.37. The lowest BCUT2D eigenvalue weighted by Gasteiger charge is -2.26. The number of benzene rings is 1. The fraction of sp³-hybridized carbons (Fsp3) is 0.375. The molecular weight excluding hydrogens is 344 g/mol. The van der Waals surface area contributed by atoms with Gasteiger partial charge in [0.25, 0.3) is 5.56 Å². The molecule has 0 aliphatic carbocycles. The molecule has 1 amide bonds. The van der Waals surface area contributed by atoms with Gasteiger partial charge in [0.15, 0.2) is 11.5 Å². The number of phenolic OH excluding ortho intramolecular Hbond substituents is 1. The molecule has 0 fully saturated rings. The summed E-state index contributed by atoms with van der Waals surface area (Å²) in [5.41, 5.74) is -0.168. The molecule has 2 atom stereocenters. The van der Waals surface area contributed by atoms with Crippen LogP contribution in [0.5, 0.6) is 11.5 Å². The molecule has 2 unspecified atom stereocenters. The van der Waals surface area contributed by atoms with Crippen molar-refractivity contribution >= 4 is 11.7 Å². The van der Waals surface area contributed by atoms with E-state index in [0.29, 0.717) is 0 Å². The van der Waals surface area contributed by atoms with E-state index in [4.69, 9.17) is 4.74 Å². The quantitative estimate of drug-likeness (QED) is 0.551. The number of nitrogens with zero attached hydrogens (tertiary/aromatic N) is 2. The summed E-state index contributed by atoms with van der Waals surface area (Å²) < 4.78 is 6.44. The van der Waals surface area contributed by atoms with Gasteiger partial charge in [-0.3, -0.25) is 29.5 Å². The Kier molecular flexibility index (Phi) is 4.18. The highest BCUT2D eigenvalue weighted by atomic mass is 16.6. The van der Waals surface area contributed by atoms with E-state index in [0.717, 1.165) is 0 Å². The number of methoxy groups -OCH3 is 1. The maximum Gasteiger partial charge on any atom is 0.301 e. The zero-order valence-electron chi connectivity index (χ0n) is 14.3. The number of aromatic amines is 1. The number of hydrogen-bond donors (Lipinski definition) is 3. The predicted octanol–water partition coefficient (Wildman–Crippen LogP) is 1.20. The third-order valence-electron chi connectivity index (χ3n) is 4.41. The molecule has 10 nitrogen and oxygen atoms in total. The Hall–Kier alpha value is -3.30. The van der Waals surface area contributed by atoms with Crippen molar-refractivity contribution in [1.29, 1.82) is 0 Å². The number of hydrogen-bond acceptors (Lipinski definition) is 6. The third kappa shape index (κ3) is 2.59. The standard InChI is InChI=1S/C16H18N4O6/c1-7(2)19-14-12(15(22)18-19)11(13(20(24)25)16(23)17-14)8-4-5-10(26-3)9(21)6-8/h4-7,11,13,21H,1-3H3,(H,17,23)(H,18,22). The van der Waals surface area contributed by atoms with Crippen LogP contribution in [0.1, 0.15) is 36.9 Å². The number of carbonyl (C=O) groups excluding carboxylic acids is 1. The Morgan fingerprint density at radius 1 is 1.35 bits per heavy atom. The Morgan fingerprint density at radius 3 is 2.58 bits per heavy atom. The van der Waals surface area contributed by atoms with Gasteiger partial charge in [-0.2, -0.15) is 0 Å². The number of aromatic hydroxyl groups is 1. The number of carbonyl (C=O) groups is 1. The summed E-state index contributed by atoms with van der Waals surface area (Å²) in [5.74, 6) is -1.82. The van der Waals surface area contributed by atoms with E-state index in [1.165, 1.54) is 30.0 Å². The number of nitro groups is 1. The minimum Gasteiger partial charge on any atom is -0.504 e. The molecule has 138 valence electrons. The van der Waals surface area contributed by atoms with E-state index in [2.05, 4.69) is 10.4 Å². The van der Waals surface area contributed by atoms with Crippen LogP contribution in [0, 0.1) is 10.1 Å². The Balaban J connectivity index is 2.27. The molecule has 3 N–H and O–H groups in total. The number of phenols is 1. The van der Waals surface area contributed by atoms with E-state index in [9.17, 15) is 24.8 Å². The zero-order chi connectivity index (χ0) is 19.2. The average molecular weight is 362 g/mol. The molecule has 2 heterocycles. The largest absolute Gasteiger partial charge is 0.504 e. The highest BCUT2D eigenvalue weighted by Crippen LogP contribution is 2.39. The van der Waals surface area contributed by atoms with Crippen LogP contribution in [-0.4, -0.2) is 38.9 Å². The topological polar surface area (TPSA) is 139 Å². The van der Waals surface area contributed by atoms with Gasteiger partial charge in [-0.1, -0.05) is 6.07 Å². The van der Waals surface area contributed by atoms with Crippen LogP contribution in [0.25, 0.3) is 0 Å². The second-order valence-corrected chi connectivity index (χ2v) is 6.30. The maximum absolute atomic E-state index is 12.5. The molecule has 0 spiro atoms. The molecule has 1 aliphatic heterocycles. The van der Waals surface area contributed by atoms with Crippen molar-refractivity contribution in [2.24, 2.45) is 0 Å². The first kappa shape index (κ1) is 17.5. The molecule has 0 saturated heterocycles. The maximum atomic E-state index is 12.5. The number of ether oxygens (including phenoxy) is 1. The van der Waals surface area contributed by atoms with Crippen LogP contribution < -0.4 is 15.6 Å². The number of fused-ring (bicyclic) bond motifs is 1. The number of rotatable bonds is 4. The summed E-state index contributed by atoms with van der Waals surface area (Å²) in [5, 5.41) is 26.7.